The van der Waals surface area contributed by atoms with Crippen LogP contribution in [0.15, 0.2) is 60.7 Å². The van der Waals surface area contributed by atoms with Gasteiger partial charge in [-0.3, -0.25) is 14.9 Å². The lowest BCUT2D eigenvalue weighted by atomic mass is 10.1. The fraction of sp³-hybridized carbons (Fsp3) is 0.100. The van der Waals surface area contributed by atoms with Gasteiger partial charge in [0.15, 0.2) is 6.10 Å². The molecule has 0 aromatic heterocycles. The lowest BCUT2D eigenvalue weighted by Crippen LogP contribution is -2.30. The third-order valence-corrected chi connectivity index (χ3v) is 4.31. The van der Waals surface area contributed by atoms with Crippen LogP contribution in [-0.4, -0.2) is 22.9 Å². The molecule has 1 N–H and O–H groups in total. The van der Waals surface area contributed by atoms with Crippen molar-refractivity contribution in [3.8, 4) is 0 Å². The van der Waals surface area contributed by atoms with Gasteiger partial charge < -0.3 is 10.1 Å². The third kappa shape index (κ3) is 4.10. The minimum absolute atomic E-state index is 0.144. The number of hydrogen-bond donors (Lipinski definition) is 1. The van der Waals surface area contributed by atoms with E-state index < -0.39 is 28.6 Å². The molecule has 0 bridgehead atoms. The molecule has 1 amide bonds. The monoisotopic (exact) mass is 398 g/mol. The number of carbonyl (C=O) groups excluding carboxylic acids is 2. The highest BCUT2D eigenvalue weighted by Crippen LogP contribution is 2.25. The number of halogens is 1. The van der Waals surface area contributed by atoms with Gasteiger partial charge in [-0.15, -0.1) is 0 Å². The van der Waals surface area contributed by atoms with Crippen LogP contribution in [0.5, 0.6) is 0 Å². The van der Waals surface area contributed by atoms with E-state index in [2.05, 4.69) is 5.32 Å². The van der Waals surface area contributed by atoms with E-state index in [-0.39, 0.29) is 10.6 Å². The van der Waals surface area contributed by atoms with Gasteiger partial charge in [-0.25, -0.2) is 4.79 Å². The molecule has 0 aliphatic rings. The predicted octanol–water partition coefficient (Wildman–Crippen LogP) is 4.59. The Morgan fingerprint density at radius 1 is 1.11 bits per heavy atom. The predicted molar refractivity (Wildman–Crippen MR) is 106 cm³/mol. The molecule has 7 nitrogen and oxygen atoms in total. The van der Waals surface area contributed by atoms with E-state index in [4.69, 9.17) is 16.3 Å². The van der Waals surface area contributed by atoms with Gasteiger partial charge in [0.2, 0.25) is 0 Å². The van der Waals surface area contributed by atoms with Crippen LogP contribution < -0.4 is 5.32 Å². The second kappa shape index (κ2) is 8.06. The Hall–Kier alpha value is -3.45. The van der Waals surface area contributed by atoms with Gasteiger partial charge in [-0.05, 0) is 30.5 Å². The van der Waals surface area contributed by atoms with Gasteiger partial charge in [0.05, 0.1) is 4.92 Å². The second-order valence-electron chi connectivity index (χ2n) is 5.98. The van der Waals surface area contributed by atoms with Crippen molar-refractivity contribution in [3.63, 3.8) is 0 Å². The number of amides is 1. The van der Waals surface area contributed by atoms with Crippen molar-refractivity contribution < 1.29 is 19.2 Å². The Labute approximate surface area is 165 Å². The SMILES string of the molecule is C[C@H](OC(=O)c1cc(Cl)ccc1[N+](=O)[O-])C(=O)Nc1cccc2ccccc12. The number of nitro groups is 1. The summed E-state index contributed by atoms with van der Waals surface area (Å²) < 4.78 is 5.11. The quantitative estimate of drug-likeness (QED) is 0.385. The number of benzene rings is 3. The summed E-state index contributed by atoms with van der Waals surface area (Å²) in [5.74, 6) is -1.57. The summed E-state index contributed by atoms with van der Waals surface area (Å²) in [5, 5.41) is 15.7. The van der Waals surface area contributed by atoms with Crippen LogP contribution in [0.2, 0.25) is 5.02 Å². The van der Waals surface area contributed by atoms with Crippen LogP contribution in [0.4, 0.5) is 11.4 Å². The molecule has 142 valence electrons. The largest absolute Gasteiger partial charge is 0.449 e. The summed E-state index contributed by atoms with van der Waals surface area (Å²) in [4.78, 5) is 35.2. The van der Waals surface area contributed by atoms with Crippen LogP contribution in [0, 0.1) is 10.1 Å². The summed E-state index contributed by atoms with van der Waals surface area (Å²) in [6.45, 7) is 1.38. The molecule has 0 fully saturated rings. The molecule has 0 saturated carbocycles. The summed E-state index contributed by atoms with van der Waals surface area (Å²) in [5.41, 5.74) is -0.196. The summed E-state index contributed by atoms with van der Waals surface area (Å²) in [7, 11) is 0. The zero-order chi connectivity index (χ0) is 20.3. The first-order valence-electron chi connectivity index (χ1n) is 8.30. The van der Waals surface area contributed by atoms with Gasteiger partial charge in [-0.2, -0.15) is 0 Å². The molecule has 0 aliphatic carbocycles. The normalized spacial score (nSPS) is 11.6. The molecular weight excluding hydrogens is 384 g/mol. The number of esters is 1. The van der Waals surface area contributed by atoms with E-state index in [1.807, 2.05) is 30.3 Å². The first-order chi connectivity index (χ1) is 13.4. The number of nitrogens with one attached hydrogen (secondary N) is 1. The number of nitrogens with zero attached hydrogens (tertiary/aromatic N) is 1. The van der Waals surface area contributed by atoms with Crippen molar-refractivity contribution in [2.24, 2.45) is 0 Å². The lowest BCUT2D eigenvalue weighted by Gasteiger charge is -2.15. The summed E-state index contributed by atoms with van der Waals surface area (Å²) in [6, 6.07) is 16.5. The maximum atomic E-state index is 12.5. The van der Waals surface area contributed by atoms with Crippen molar-refractivity contribution in [1.29, 1.82) is 0 Å². The highest BCUT2D eigenvalue weighted by molar-refractivity contribution is 6.31. The molecule has 28 heavy (non-hydrogen) atoms. The van der Waals surface area contributed by atoms with Gasteiger partial charge >= 0.3 is 5.97 Å². The summed E-state index contributed by atoms with van der Waals surface area (Å²) in [6.07, 6.45) is -1.18. The number of carbonyl (C=O) groups is 2. The number of anilines is 1. The Bertz CT molecular complexity index is 1080. The first kappa shape index (κ1) is 19.3. The zero-order valence-corrected chi connectivity index (χ0v) is 15.5. The molecule has 0 unspecified atom stereocenters. The minimum atomic E-state index is -1.18. The molecule has 3 rings (SSSR count). The highest BCUT2D eigenvalue weighted by atomic mass is 35.5. The molecule has 0 saturated heterocycles. The van der Waals surface area contributed by atoms with E-state index in [9.17, 15) is 19.7 Å². The van der Waals surface area contributed by atoms with E-state index in [1.165, 1.54) is 13.0 Å². The topological polar surface area (TPSA) is 98.5 Å². The summed E-state index contributed by atoms with van der Waals surface area (Å²) >= 11 is 5.82. The second-order valence-corrected chi connectivity index (χ2v) is 6.42. The number of nitro benzene ring substituents is 1. The highest BCUT2D eigenvalue weighted by Gasteiger charge is 2.26. The standard InChI is InChI=1S/C20H15ClN2O5/c1-12(28-20(25)16-11-14(21)9-10-18(16)23(26)27)19(24)22-17-8-4-6-13-5-2-3-7-15(13)17/h2-12H,1H3,(H,22,24)/t12-/m0/s1. The molecule has 0 heterocycles. The third-order valence-electron chi connectivity index (χ3n) is 4.08. The smallest absolute Gasteiger partial charge is 0.345 e. The molecule has 0 radical (unpaired) electrons. The van der Waals surface area contributed by atoms with Gasteiger partial charge in [-0.1, -0.05) is 48.0 Å². The molecular formula is C20H15ClN2O5. The maximum absolute atomic E-state index is 12.5. The molecule has 0 aliphatic heterocycles. The zero-order valence-electron chi connectivity index (χ0n) is 14.7. The van der Waals surface area contributed by atoms with E-state index in [0.29, 0.717) is 5.69 Å². The number of fused-ring (bicyclic) bond motifs is 1. The fourth-order valence-electron chi connectivity index (χ4n) is 2.68. The van der Waals surface area contributed by atoms with Crippen molar-refractivity contribution in [2.45, 2.75) is 13.0 Å². The van der Waals surface area contributed by atoms with E-state index >= 15 is 0 Å². The fourth-order valence-corrected chi connectivity index (χ4v) is 2.85. The van der Waals surface area contributed by atoms with Crippen LogP contribution in [0.1, 0.15) is 17.3 Å². The lowest BCUT2D eigenvalue weighted by molar-refractivity contribution is -0.385. The maximum Gasteiger partial charge on any atom is 0.345 e. The Morgan fingerprint density at radius 2 is 1.82 bits per heavy atom. The van der Waals surface area contributed by atoms with Crippen molar-refractivity contribution in [3.05, 3.63) is 81.4 Å². The van der Waals surface area contributed by atoms with Crippen molar-refractivity contribution in [2.75, 3.05) is 5.32 Å². The Balaban J connectivity index is 1.77. The number of hydrogen-bond acceptors (Lipinski definition) is 5. The van der Waals surface area contributed by atoms with Crippen LogP contribution in [0.25, 0.3) is 10.8 Å². The van der Waals surface area contributed by atoms with Gasteiger partial charge in [0.1, 0.15) is 5.56 Å². The van der Waals surface area contributed by atoms with Gasteiger partial charge in [0, 0.05) is 22.2 Å². The molecule has 3 aromatic carbocycles. The molecule has 3 aromatic rings. The van der Waals surface area contributed by atoms with E-state index in [1.54, 1.807) is 12.1 Å². The average molecular weight is 399 g/mol. The Morgan fingerprint density at radius 3 is 2.57 bits per heavy atom. The molecule has 0 spiro atoms. The first-order valence-corrected chi connectivity index (χ1v) is 8.68. The van der Waals surface area contributed by atoms with Crippen LogP contribution in [0.3, 0.4) is 0 Å². The molecule has 8 heteroatoms. The van der Waals surface area contributed by atoms with Gasteiger partial charge in [0.25, 0.3) is 11.6 Å². The van der Waals surface area contributed by atoms with Crippen molar-refractivity contribution >= 4 is 45.6 Å². The molecule has 1 atom stereocenters. The number of ether oxygens (including phenoxy) is 1. The van der Waals surface area contributed by atoms with E-state index in [0.717, 1.165) is 22.9 Å². The average Bonchev–Trinajstić information content (AvgIpc) is 2.67. The Kier molecular flexibility index (Phi) is 5.56. The van der Waals surface area contributed by atoms with Crippen LogP contribution >= 0.6 is 11.6 Å². The van der Waals surface area contributed by atoms with Crippen LogP contribution in [-0.2, 0) is 9.53 Å². The van der Waals surface area contributed by atoms with Crippen molar-refractivity contribution in [1.82, 2.24) is 0 Å². The minimum Gasteiger partial charge on any atom is -0.449 e. The number of rotatable bonds is 5.